The molecular formula is C21H16ClN7O. The number of benzene rings is 2. The molecule has 0 radical (unpaired) electrons. The standard InChI is InChI=1S/C21H16ClN7O/c22-14-7-4-8-15-17(14)21(30)29(13-5-2-1-3-6-13)16(28-15)9-10-23-19-18-20(25-11-24-18)27-12-26-19/h1-8,11-12H,9-10H2,(H2,23,24,25,26,27). The number of hydrogen-bond donors (Lipinski definition) is 2. The summed E-state index contributed by atoms with van der Waals surface area (Å²) >= 11 is 6.31. The lowest BCUT2D eigenvalue weighted by atomic mass is 10.2. The molecule has 0 fully saturated rings. The Bertz CT molecular complexity index is 1410. The largest absolute Gasteiger partial charge is 0.368 e. The molecule has 5 rings (SSSR count). The summed E-state index contributed by atoms with van der Waals surface area (Å²) in [5.41, 5.74) is 2.45. The van der Waals surface area contributed by atoms with Gasteiger partial charge in [-0.05, 0) is 24.3 Å². The fourth-order valence-electron chi connectivity index (χ4n) is 3.43. The van der Waals surface area contributed by atoms with E-state index >= 15 is 0 Å². The number of nitrogens with zero attached hydrogens (tertiary/aromatic N) is 5. The molecule has 148 valence electrons. The lowest BCUT2D eigenvalue weighted by Crippen LogP contribution is -2.25. The highest BCUT2D eigenvalue weighted by Gasteiger charge is 2.15. The van der Waals surface area contributed by atoms with Gasteiger partial charge in [-0.1, -0.05) is 35.9 Å². The van der Waals surface area contributed by atoms with Gasteiger partial charge in [-0.25, -0.2) is 19.9 Å². The third-order valence-electron chi connectivity index (χ3n) is 4.79. The van der Waals surface area contributed by atoms with Crippen molar-refractivity contribution in [3.05, 3.63) is 82.4 Å². The Morgan fingerprint density at radius 3 is 2.77 bits per heavy atom. The second-order valence-electron chi connectivity index (χ2n) is 6.64. The molecule has 30 heavy (non-hydrogen) atoms. The highest BCUT2D eigenvalue weighted by molar-refractivity contribution is 6.35. The smallest absolute Gasteiger partial charge is 0.267 e. The van der Waals surface area contributed by atoms with Crippen LogP contribution in [-0.2, 0) is 6.42 Å². The third kappa shape index (κ3) is 3.17. The van der Waals surface area contributed by atoms with Crippen molar-refractivity contribution in [2.45, 2.75) is 6.42 Å². The summed E-state index contributed by atoms with van der Waals surface area (Å²) in [5, 5.41) is 4.07. The number of H-pyrrole nitrogens is 1. The van der Waals surface area contributed by atoms with Crippen LogP contribution in [0.5, 0.6) is 0 Å². The Labute approximate surface area is 175 Å². The van der Waals surface area contributed by atoms with Crippen molar-refractivity contribution in [3.8, 4) is 5.69 Å². The van der Waals surface area contributed by atoms with E-state index in [1.54, 1.807) is 29.1 Å². The Morgan fingerprint density at radius 1 is 1.03 bits per heavy atom. The number of aromatic nitrogens is 6. The molecule has 2 N–H and O–H groups in total. The van der Waals surface area contributed by atoms with Gasteiger partial charge in [0.05, 0.1) is 27.9 Å². The third-order valence-corrected chi connectivity index (χ3v) is 5.10. The van der Waals surface area contributed by atoms with Gasteiger partial charge in [-0.3, -0.25) is 9.36 Å². The summed E-state index contributed by atoms with van der Waals surface area (Å²) in [7, 11) is 0. The van der Waals surface area contributed by atoms with Gasteiger partial charge in [0.25, 0.3) is 5.56 Å². The molecule has 0 aliphatic rings. The molecule has 5 aromatic rings. The zero-order valence-corrected chi connectivity index (χ0v) is 16.5. The topological polar surface area (TPSA) is 101 Å². The molecule has 0 atom stereocenters. The molecule has 0 saturated heterocycles. The first-order valence-corrected chi connectivity index (χ1v) is 9.74. The fraction of sp³-hybridized carbons (Fsp3) is 0.0952. The van der Waals surface area contributed by atoms with Crippen LogP contribution in [0.4, 0.5) is 5.82 Å². The van der Waals surface area contributed by atoms with Crippen LogP contribution in [0.2, 0.25) is 5.02 Å². The van der Waals surface area contributed by atoms with Crippen molar-refractivity contribution >= 4 is 39.5 Å². The van der Waals surface area contributed by atoms with Gasteiger partial charge >= 0.3 is 0 Å². The van der Waals surface area contributed by atoms with E-state index in [-0.39, 0.29) is 5.56 Å². The molecule has 0 bridgehead atoms. The van der Waals surface area contributed by atoms with Crippen molar-refractivity contribution < 1.29 is 0 Å². The minimum Gasteiger partial charge on any atom is -0.368 e. The average molecular weight is 418 g/mol. The number of hydrogen-bond acceptors (Lipinski definition) is 6. The summed E-state index contributed by atoms with van der Waals surface area (Å²) < 4.78 is 1.61. The van der Waals surface area contributed by atoms with E-state index < -0.39 is 0 Å². The van der Waals surface area contributed by atoms with Crippen molar-refractivity contribution in [2.24, 2.45) is 0 Å². The van der Waals surface area contributed by atoms with E-state index in [1.807, 2.05) is 30.3 Å². The molecular weight excluding hydrogens is 402 g/mol. The van der Waals surface area contributed by atoms with Crippen LogP contribution in [-0.4, -0.2) is 36.0 Å². The van der Waals surface area contributed by atoms with E-state index in [0.717, 1.165) is 5.69 Å². The van der Waals surface area contributed by atoms with E-state index in [9.17, 15) is 4.79 Å². The van der Waals surface area contributed by atoms with Crippen molar-refractivity contribution in [2.75, 3.05) is 11.9 Å². The summed E-state index contributed by atoms with van der Waals surface area (Å²) in [6, 6.07) is 14.7. The van der Waals surface area contributed by atoms with E-state index in [4.69, 9.17) is 16.6 Å². The van der Waals surface area contributed by atoms with Crippen LogP contribution in [0, 0.1) is 0 Å². The number of aromatic amines is 1. The van der Waals surface area contributed by atoms with Crippen LogP contribution in [0.1, 0.15) is 5.82 Å². The van der Waals surface area contributed by atoms with Crippen LogP contribution in [0.3, 0.4) is 0 Å². The minimum atomic E-state index is -0.191. The van der Waals surface area contributed by atoms with Crippen LogP contribution in [0.15, 0.2) is 66.0 Å². The number of rotatable bonds is 5. The molecule has 2 aromatic carbocycles. The first-order valence-electron chi connectivity index (χ1n) is 9.36. The Balaban J connectivity index is 1.54. The molecule has 0 unspecified atom stereocenters. The van der Waals surface area contributed by atoms with Crippen molar-refractivity contribution in [1.29, 1.82) is 0 Å². The van der Waals surface area contributed by atoms with E-state index in [0.29, 0.717) is 51.7 Å². The second-order valence-corrected chi connectivity index (χ2v) is 7.04. The normalized spacial score (nSPS) is 11.2. The number of nitrogens with one attached hydrogen (secondary N) is 2. The van der Waals surface area contributed by atoms with Gasteiger partial charge in [0.1, 0.15) is 17.7 Å². The zero-order chi connectivity index (χ0) is 20.5. The van der Waals surface area contributed by atoms with Gasteiger partial charge in [0, 0.05) is 13.0 Å². The van der Waals surface area contributed by atoms with E-state index in [1.165, 1.54) is 6.33 Å². The number of anilines is 1. The number of imidazole rings is 1. The SMILES string of the molecule is O=c1c2c(Cl)cccc2nc(CCNc2ncnc3[nH]cnc23)n1-c1ccccc1. The minimum absolute atomic E-state index is 0.191. The molecule has 9 heteroatoms. The second kappa shape index (κ2) is 7.57. The quantitative estimate of drug-likeness (QED) is 0.454. The number of halogens is 1. The fourth-order valence-corrected chi connectivity index (χ4v) is 3.68. The van der Waals surface area contributed by atoms with Gasteiger partial charge < -0.3 is 10.3 Å². The molecule has 8 nitrogen and oxygen atoms in total. The molecule has 0 aliphatic heterocycles. The number of fused-ring (bicyclic) bond motifs is 2. The van der Waals surface area contributed by atoms with Gasteiger partial charge in [0.15, 0.2) is 11.5 Å². The lowest BCUT2D eigenvalue weighted by Gasteiger charge is -2.14. The van der Waals surface area contributed by atoms with Crippen LogP contribution >= 0.6 is 11.6 Å². The predicted molar refractivity (Wildman–Crippen MR) is 116 cm³/mol. The maximum absolute atomic E-state index is 13.3. The lowest BCUT2D eigenvalue weighted by molar-refractivity contribution is 0.809. The molecule has 3 aromatic heterocycles. The summed E-state index contributed by atoms with van der Waals surface area (Å²) in [5.74, 6) is 1.25. The van der Waals surface area contributed by atoms with E-state index in [2.05, 4.69) is 25.3 Å². The monoisotopic (exact) mass is 417 g/mol. The highest BCUT2D eigenvalue weighted by atomic mass is 35.5. The molecule has 0 amide bonds. The zero-order valence-electron chi connectivity index (χ0n) is 15.7. The highest BCUT2D eigenvalue weighted by Crippen LogP contribution is 2.21. The first kappa shape index (κ1) is 18.3. The Kier molecular flexibility index (Phi) is 4.61. The first-order chi connectivity index (χ1) is 14.7. The molecule has 0 saturated carbocycles. The Hall–Kier alpha value is -3.78. The van der Waals surface area contributed by atoms with Crippen LogP contribution < -0.4 is 10.9 Å². The maximum Gasteiger partial charge on any atom is 0.267 e. The summed E-state index contributed by atoms with van der Waals surface area (Å²) in [4.78, 5) is 33.7. The maximum atomic E-state index is 13.3. The van der Waals surface area contributed by atoms with Crippen molar-refractivity contribution in [1.82, 2.24) is 29.5 Å². The summed E-state index contributed by atoms with van der Waals surface area (Å²) in [6.07, 6.45) is 3.54. The van der Waals surface area contributed by atoms with Crippen molar-refractivity contribution in [3.63, 3.8) is 0 Å². The van der Waals surface area contributed by atoms with Gasteiger partial charge in [0.2, 0.25) is 0 Å². The summed E-state index contributed by atoms with van der Waals surface area (Å²) in [6.45, 7) is 0.504. The molecule has 0 aliphatic carbocycles. The molecule has 0 spiro atoms. The Morgan fingerprint density at radius 2 is 1.90 bits per heavy atom. The average Bonchev–Trinajstić information content (AvgIpc) is 3.24. The van der Waals surface area contributed by atoms with Crippen LogP contribution in [0.25, 0.3) is 27.8 Å². The molecule has 3 heterocycles. The van der Waals surface area contributed by atoms with Gasteiger partial charge in [-0.15, -0.1) is 0 Å². The number of para-hydroxylation sites is 1. The van der Waals surface area contributed by atoms with Gasteiger partial charge in [-0.2, -0.15) is 0 Å². The predicted octanol–water partition coefficient (Wildman–Crippen LogP) is 3.36.